The minimum Gasteiger partial charge on any atom is -0.356 e. The van der Waals surface area contributed by atoms with Crippen LogP contribution in [0.2, 0.25) is 0 Å². The van der Waals surface area contributed by atoms with Crippen molar-refractivity contribution in [3.05, 3.63) is 15.6 Å². The predicted octanol–water partition coefficient (Wildman–Crippen LogP) is 2.77. The van der Waals surface area contributed by atoms with Gasteiger partial charge in [0.25, 0.3) is 0 Å². The van der Waals surface area contributed by atoms with E-state index in [0.717, 1.165) is 56.0 Å². The van der Waals surface area contributed by atoms with Gasteiger partial charge in [0.05, 0.1) is 10.7 Å². The molecule has 1 aliphatic rings. The highest BCUT2D eigenvalue weighted by Crippen LogP contribution is 2.17. The molecule has 0 radical (unpaired) electrons. The average Bonchev–Trinajstić information content (AvgIpc) is 2.82. The van der Waals surface area contributed by atoms with Crippen LogP contribution in [0.15, 0.2) is 4.99 Å². The molecule has 0 bridgehead atoms. The van der Waals surface area contributed by atoms with Crippen molar-refractivity contribution in [2.24, 2.45) is 10.9 Å². The van der Waals surface area contributed by atoms with Gasteiger partial charge in [-0.15, -0.1) is 35.3 Å². The van der Waals surface area contributed by atoms with Crippen LogP contribution in [0.1, 0.15) is 29.4 Å². The molecule has 1 saturated heterocycles. The van der Waals surface area contributed by atoms with Gasteiger partial charge in [0, 0.05) is 57.6 Å². The first kappa shape index (κ1) is 21.6. The molecule has 1 aliphatic heterocycles. The Morgan fingerprint density at radius 3 is 2.42 bits per heavy atom. The second-order valence-electron chi connectivity index (χ2n) is 6.65. The van der Waals surface area contributed by atoms with Gasteiger partial charge in [0.1, 0.15) is 0 Å². The van der Waals surface area contributed by atoms with Gasteiger partial charge in [-0.05, 0) is 19.8 Å². The lowest BCUT2D eigenvalue weighted by Gasteiger charge is -2.37. The molecule has 0 spiro atoms. The average molecular weight is 465 g/mol. The van der Waals surface area contributed by atoms with Crippen LogP contribution in [0.25, 0.3) is 0 Å². The van der Waals surface area contributed by atoms with E-state index in [1.807, 2.05) is 7.05 Å². The molecule has 1 fully saturated rings. The van der Waals surface area contributed by atoms with E-state index < -0.39 is 0 Å². The van der Waals surface area contributed by atoms with Crippen molar-refractivity contribution >= 4 is 41.3 Å². The Morgan fingerprint density at radius 2 is 1.92 bits per heavy atom. The summed E-state index contributed by atoms with van der Waals surface area (Å²) in [7, 11) is 1.88. The Kier molecular flexibility index (Phi) is 9.51. The monoisotopic (exact) mass is 465 g/mol. The molecule has 1 aromatic heterocycles. The maximum atomic E-state index is 4.50. The second kappa shape index (κ2) is 10.6. The zero-order valence-electron chi connectivity index (χ0n) is 15.6. The molecule has 2 heterocycles. The second-order valence-corrected chi connectivity index (χ2v) is 7.93. The molecule has 0 unspecified atom stereocenters. The molecule has 0 aromatic carbocycles. The van der Waals surface area contributed by atoms with Gasteiger partial charge < -0.3 is 10.2 Å². The summed E-state index contributed by atoms with van der Waals surface area (Å²) in [6, 6.07) is 0. The fourth-order valence-corrected chi connectivity index (χ4v) is 4.02. The molecular formula is C17H32IN5S. The summed E-state index contributed by atoms with van der Waals surface area (Å²) in [6.07, 6.45) is 1.02. The number of halogens is 1. The number of hydrogen-bond donors (Lipinski definition) is 1. The van der Waals surface area contributed by atoms with Crippen LogP contribution in [0.4, 0.5) is 0 Å². The number of aliphatic imine (C=N–C) groups is 1. The Morgan fingerprint density at radius 1 is 1.25 bits per heavy atom. The van der Waals surface area contributed by atoms with Gasteiger partial charge in [0.2, 0.25) is 0 Å². The Balaban J connectivity index is 0.00000288. The number of hydrogen-bond acceptors (Lipinski definition) is 4. The van der Waals surface area contributed by atoms with Gasteiger partial charge in [0.15, 0.2) is 5.96 Å². The van der Waals surface area contributed by atoms with Gasteiger partial charge in [-0.25, -0.2) is 4.98 Å². The number of nitrogens with one attached hydrogen (secondary N) is 1. The molecule has 0 aliphatic carbocycles. The summed E-state index contributed by atoms with van der Waals surface area (Å²) >= 11 is 1.80. The maximum Gasteiger partial charge on any atom is 0.193 e. The van der Waals surface area contributed by atoms with Crippen molar-refractivity contribution in [1.29, 1.82) is 0 Å². The first-order valence-electron chi connectivity index (χ1n) is 8.60. The number of aryl methyl sites for hydroxylation is 2. The van der Waals surface area contributed by atoms with E-state index in [2.05, 4.69) is 52.8 Å². The molecule has 1 aromatic rings. The van der Waals surface area contributed by atoms with Gasteiger partial charge in [-0.2, -0.15) is 0 Å². The first-order valence-corrected chi connectivity index (χ1v) is 9.42. The summed E-state index contributed by atoms with van der Waals surface area (Å²) in [5.74, 6) is 1.78. The van der Waals surface area contributed by atoms with E-state index in [0.29, 0.717) is 0 Å². The molecule has 24 heavy (non-hydrogen) atoms. The van der Waals surface area contributed by atoms with Crippen molar-refractivity contribution in [1.82, 2.24) is 20.1 Å². The van der Waals surface area contributed by atoms with E-state index in [9.17, 15) is 0 Å². The topological polar surface area (TPSA) is 43.8 Å². The first-order chi connectivity index (χ1) is 11.0. The zero-order chi connectivity index (χ0) is 16.8. The number of thiazole rings is 1. The van der Waals surface area contributed by atoms with E-state index in [1.54, 1.807) is 11.3 Å². The van der Waals surface area contributed by atoms with Crippen molar-refractivity contribution in [3.63, 3.8) is 0 Å². The van der Waals surface area contributed by atoms with Crippen LogP contribution in [0.5, 0.6) is 0 Å². The predicted molar refractivity (Wildman–Crippen MR) is 115 cm³/mol. The van der Waals surface area contributed by atoms with Crippen LogP contribution in [-0.2, 0) is 6.42 Å². The maximum absolute atomic E-state index is 4.50. The SMILES string of the molecule is CN=C(NCCc1sc(C)nc1C)N1CCN(CC(C)C)CC1.I. The number of guanidine groups is 1. The third-order valence-corrected chi connectivity index (χ3v) is 5.27. The number of rotatable bonds is 5. The lowest BCUT2D eigenvalue weighted by atomic mass is 10.2. The summed E-state index contributed by atoms with van der Waals surface area (Å²) < 4.78 is 0. The number of piperazine rings is 1. The van der Waals surface area contributed by atoms with Gasteiger partial charge in [-0.3, -0.25) is 9.89 Å². The molecule has 0 amide bonds. The lowest BCUT2D eigenvalue weighted by molar-refractivity contribution is 0.164. The molecule has 138 valence electrons. The summed E-state index contributed by atoms with van der Waals surface area (Å²) in [4.78, 5) is 15.3. The summed E-state index contributed by atoms with van der Waals surface area (Å²) in [5.41, 5.74) is 1.17. The van der Waals surface area contributed by atoms with Crippen LogP contribution < -0.4 is 5.32 Å². The fourth-order valence-electron chi connectivity index (χ4n) is 3.08. The smallest absolute Gasteiger partial charge is 0.193 e. The molecule has 0 atom stereocenters. The third-order valence-electron chi connectivity index (χ3n) is 4.14. The molecule has 7 heteroatoms. The summed E-state index contributed by atoms with van der Waals surface area (Å²) in [6.45, 7) is 15.2. The van der Waals surface area contributed by atoms with Crippen molar-refractivity contribution < 1.29 is 0 Å². The Bertz CT molecular complexity index is 521. The van der Waals surface area contributed by atoms with E-state index in [4.69, 9.17) is 0 Å². The minimum atomic E-state index is 0. The fraction of sp³-hybridized carbons (Fsp3) is 0.765. The quantitative estimate of drug-likeness (QED) is 0.413. The Labute approximate surface area is 168 Å². The van der Waals surface area contributed by atoms with Crippen molar-refractivity contribution in [2.45, 2.75) is 34.1 Å². The minimum absolute atomic E-state index is 0. The highest BCUT2D eigenvalue weighted by Gasteiger charge is 2.19. The number of aromatic nitrogens is 1. The normalized spacial score (nSPS) is 16.4. The lowest BCUT2D eigenvalue weighted by Crippen LogP contribution is -2.53. The molecule has 1 N–H and O–H groups in total. The summed E-state index contributed by atoms with van der Waals surface area (Å²) in [5, 5.41) is 4.67. The molecular weight excluding hydrogens is 433 g/mol. The molecule has 5 nitrogen and oxygen atoms in total. The highest BCUT2D eigenvalue weighted by atomic mass is 127. The molecule has 2 rings (SSSR count). The van der Waals surface area contributed by atoms with Crippen molar-refractivity contribution in [2.75, 3.05) is 46.3 Å². The van der Waals surface area contributed by atoms with E-state index in [1.165, 1.54) is 17.1 Å². The van der Waals surface area contributed by atoms with Crippen LogP contribution >= 0.6 is 35.3 Å². The van der Waals surface area contributed by atoms with Crippen molar-refractivity contribution in [3.8, 4) is 0 Å². The molecule has 0 saturated carbocycles. The van der Waals surface area contributed by atoms with Crippen LogP contribution in [0, 0.1) is 19.8 Å². The van der Waals surface area contributed by atoms with E-state index >= 15 is 0 Å². The van der Waals surface area contributed by atoms with E-state index in [-0.39, 0.29) is 24.0 Å². The highest BCUT2D eigenvalue weighted by molar-refractivity contribution is 14.0. The van der Waals surface area contributed by atoms with Crippen LogP contribution in [-0.4, -0.2) is 67.1 Å². The standard InChI is InChI=1S/C17H31N5S.HI/c1-13(2)12-21-8-10-22(11-9-21)17(18-5)19-7-6-16-14(3)20-15(4)23-16;/h13H,6-12H2,1-5H3,(H,18,19);1H. The third kappa shape index (κ3) is 6.48. The number of nitrogens with zero attached hydrogens (tertiary/aromatic N) is 4. The Hall–Kier alpha value is -0.410. The zero-order valence-corrected chi connectivity index (χ0v) is 18.8. The largest absolute Gasteiger partial charge is 0.356 e. The van der Waals surface area contributed by atoms with Gasteiger partial charge in [-0.1, -0.05) is 13.8 Å². The van der Waals surface area contributed by atoms with Gasteiger partial charge >= 0.3 is 0 Å². The van der Waals surface area contributed by atoms with Crippen LogP contribution in [0.3, 0.4) is 0 Å².